The lowest BCUT2D eigenvalue weighted by Gasteiger charge is -2.15. The molecule has 0 spiro atoms. The van der Waals surface area contributed by atoms with Crippen LogP contribution in [0.15, 0.2) is 59.0 Å². The van der Waals surface area contributed by atoms with Crippen molar-refractivity contribution in [1.82, 2.24) is 5.32 Å². The molecule has 1 aromatic heterocycles. The summed E-state index contributed by atoms with van der Waals surface area (Å²) in [5.41, 5.74) is 0.827. The molecule has 0 aliphatic rings. The Balaban J connectivity index is 1.85. The van der Waals surface area contributed by atoms with Crippen LogP contribution in [0.1, 0.15) is 22.2 Å². The van der Waals surface area contributed by atoms with Gasteiger partial charge in [0.2, 0.25) is 0 Å². The van der Waals surface area contributed by atoms with Gasteiger partial charge in [0, 0.05) is 5.39 Å². The number of benzene rings is 2. The standard InChI is InChI=1S/C17H14FNO3/c18-13-8-4-7-12-9-15(22-16(12)13)17(21)19-14(10-20)11-5-2-1-3-6-11/h1-9,14,20H,10H2,(H,19,21). The van der Waals surface area contributed by atoms with Gasteiger partial charge >= 0.3 is 0 Å². The Morgan fingerprint density at radius 3 is 2.64 bits per heavy atom. The Labute approximate surface area is 126 Å². The van der Waals surface area contributed by atoms with Crippen molar-refractivity contribution in [2.24, 2.45) is 0 Å². The van der Waals surface area contributed by atoms with E-state index in [-0.39, 0.29) is 18.0 Å². The number of fused-ring (bicyclic) bond motifs is 1. The number of aliphatic hydroxyl groups excluding tert-OH is 1. The van der Waals surface area contributed by atoms with E-state index in [9.17, 15) is 14.3 Å². The number of nitrogens with one attached hydrogen (secondary N) is 1. The SMILES string of the molecule is O=C(NC(CO)c1ccccc1)c1cc2cccc(F)c2o1. The van der Waals surface area contributed by atoms with Crippen LogP contribution in [0.25, 0.3) is 11.0 Å². The second-order valence-electron chi connectivity index (χ2n) is 4.89. The third-order valence-corrected chi connectivity index (χ3v) is 3.41. The van der Waals surface area contributed by atoms with Gasteiger partial charge in [-0.25, -0.2) is 4.39 Å². The highest BCUT2D eigenvalue weighted by molar-refractivity contribution is 5.96. The number of hydrogen-bond acceptors (Lipinski definition) is 3. The van der Waals surface area contributed by atoms with Gasteiger partial charge in [-0.15, -0.1) is 0 Å². The summed E-state index contributed by atoms with van der Waals surface area (Å²) in [5, 5.41) is 12.6. The molecule has 1 amide bonds. The Bertz CT molecular complexity index is 798. The summed E-state index contributed by atoms with van der Waals surface area (Å²) in [4.78, 5) is 12.2. The van der Waals surface area contributed by atoms with Crippen LogP contribution in [0.3, 0.4) is 0 Å². The zero-order valence-corrected chi connectivity index (χ0v) is 11.6. The highest BCUT2D eigenvalue weighted by atomic mass is 19.1. The van der Waals surface area contributed by atoms with E-state index in [4.69, 9.17) is 4.42 Å². The molecule has 0 aliphatic carbocycles. The summed E-state index contributed by atoms with van der Waals surface area (Å²) < 4.78 is 18.9. The second kappa shape index (κ2) is 5.99. The number of carbonyl (C=O) groups is 1. The van der Waals surface area contributed by atoms with Crippen molar-refractivity contribution in [3.63, 3.8) is 0 Å². The van der Waals surface area contributed by atoms with Crippen LogP contribution >= 0.6 is 0 Å². The molecule has 1 unspecified atom stereocenters. The van der Waals surface area contributed by atoms with Gasteiger partial charge in [-0.2, -0.15) is 0 Å². The molecule has 0 saturated heterocycles. The fraction of sp³-hybridized carbons (Fsp3) is 0.118. The van der Waals surface area contributed by atoms with Crippen LogP contribution in [0.2, 0.25) is 0 Å². The van der Waals surface area contributed by atoms with E-state index >= 15 is 0 Å². The number of para-hydroxylation sites is 1. The molecule has 1 atom stereocenters. The summed E-state index contributed by atoms with van der Waals surface area (Å²) in [5.74, 6) is -1.01. The predicted molar refractivity (Wildman–Crippen MR) is 79.9 cm³/mol. The molecule has 0 fully saturated rings. The largest absolute Gasteiger partial charge is 0.448 e. The molecule has 2 N–H and O–H groups in total. The van der Waals surface area contributed by atoms with Crippen LogP contribution in [0.5, 0.6) is 0 Å². The van der Waals surface area contributed by atoms with E-state index in [2.05, 4.69) is 5.32 Å². The number of hydrogen-bond donors (Lipinski definition) is 2. The van der Waals surface area contributed by atoms with Gasteiger partial charge in [0.25, 0.3) is 5.91 Å². The van der Waals surface area contributed by atoms with Crippen LogP contribution in [0.4, 0.5) is 4.39 Å². The first-order chi connectivity index (χ1) is 10.7. The van der Waals surface area contributed by atoms with E-state index in [0.29, 0.717) is 5.39 Å². The predicted octanol–water partition coefficient (Wildman–Crippen LogP) is 3.04. The number of aliphatic hydroxyl groups is 1. The van der Waals surface area contributed by atoms with Crippen LogP contribution < -0.4 is 5.32 Å². The molecular weight excluding hydrogens is 285 g/mol. The molecule has 1 heterocycles. The maximum atomic E-state index is 13.6. The van der Waals surface area contributed by atoms with Gasteiger partial charge in [0.05, 0.1) is 12.6 Å². The number of furan rings is 1. The molecule has 0 aliphatic heterocycles. The monoisotopic (exact) mass is 299 g/mol. The molecule has 22 heavy (non-hydrogen) atoms. The summed E-state index contributed by atoms with van der Waals surface area (Å²) in [6, 6.07) is 14.5. The summed E-state index contributed by atoms with van der Waals surface area (Å²) >= 11 is 0. The van der Waals surface area contributed by atoms with Gasteiger partial charge in [-0.05, 0) is 17.7 Å². The highest BCUT2D eigenvalue weighted by Crippen LogP contribution is 2.22. The highest BCUT2D eigenvalue weighted by Gasteiger charge is 2.18. The van der Waals surface area contributed by atoms with Gasteiger partial charge in [-0.1, -0.05) is 42.5 Å². The molecule has 3 aromatic rings. The van der Waals surface area contributed by atoms with Crippen molar-refractivity contribution < 1.29 is 18.7 Å². The average molecular weight is 299 g/mol. The first-order valence-corrected chi connectivity index (χ1v) is 6.84. The Hall–Kier alpha value is -2.66. The normalized spacial score (nSPS) is 12.3. The van der Waals surface area contributed by atoms with Crippen molar-refractivity contribution in [2.75, 3.05) is 6.61 Å². The number of halogens is 1. The van der Waals surface area contributed by atoms with Crippen molar-refractivity contribution >= 4 is 16.9 Å². The fourth-order valence-electron chi connectivity index (χ4n) is 2.29. The lowest BCUT2D eigenvalue weighted by atomic mass is 10.1. The Kier molecular flexibility index (Phi) is 3.89. The van der Waals surface area contributed by atoms with Crippen LogP contribution in [0, 0.1) is 5.82 Å². The zero-order chi connectivity index (χ0) is 15.5. The topological polar surface area (TPSA) is 62.5 Å². The molecule has 5 heteroatoms. The molecule has 0 saturated carbocycles. The number of amides is 1. The lowest BCUT2D eigenvalue weighted by Crippen LogP contribution is -2.30. The summed E-state index contributed by atoms with van der Waals surface area (Å²) in [6.45, 7) is -0.246. The first kappa shape index (κ1) is 14.3. The smallest absolute Gasteiger partial charge is 0.287 e. The fourth-order valence-corrected chi connectivity index (χ4v) is 2.29. The molecule has 112 valence electrons. The van der Waals surface area contributed by atoms with Crippen LogP contribution in [-0.2, 0) is 0 Å². The molecule has 0 radical (unpaired) electrons. The van der Waals surface area contributed by atoms with E-state index in [0.717, 1.165) is 5.56 Å². The van der Waals surface area contributed by atoms with Crippen molar-refractivity contribution in [3.05, 3.63) is 71.7 Å². The lowest BCUT2D eigenvalue weighted by molar-refractivity contribution is 0.0890. The van der Waals surface area contributed by atoms with E-state index < -0.39 is 17.8 Å². The second-order valence-corrected chi connectivity index (χ2v) is 4.89. The van der Waals surface area contributed by atoms with Crippen molar-refractivity contribution in [1.29, 1.82) is 0 Å². The molecule has 3 rings (SSSR count). The van der Waals surface area contributed by atoms with Crippen molar-refractivity contribution in [2.45, 2.75) is 6.04 Å². The maximum absolute atomic E-state index is 13.6. The molecule has 0 bridgehead atoms. The van der Waals surface area contributed by atoms with Crippen LogP contribution in [-0.4, -0.2) is 17.6 Å². The van der Waals surface area contributed by atoms with Gasteiger partial charge < -0.3 is 14.8 Å². The zero-order valence-electron chi connectivity index (χ0n) is 11.6. The first-order valence-electron chi connectivity index (χ1n) is 6.84. The van der Waals surface area contributed by atoms with E-state index in [1.54, 1.807) is 24.3 Å². The Morgan fingerprint density at radius 1 is 1.18 bits per heavy atom. The molecular formula is C17H14FNO3. The van der Waals surface area contributed by atoms with Crippen molar-refractivity contribution in [3.8, 4) is 0 Å². The third-order valence-electron chi connectivity index (χ3n) is 3.41. The minimum absolute atomic E-state index is 0.00878. The van der Waals surface area contributed by atoms with E-state index in [1.807, 2.05) is 18.2 Å². The third kappa shape index (κ3) is 2.71. The Morgan fingerprint density at radius 2 is 1.95 bits per heavy atom. The van der Waals surface area contributed by atoms with Gasteiger partial charge in [-0.3, -0.25) is 4.79 Å². The molecule has 4 nitrogen and oxygen atoms in total. The summed E-state index contributed by atoms with van der Waals surface area (Å²) in [7, 11) is 0. The van der Waals surface area contributed by atoms with E-state index in [1.165, 1.54) is 12.1 Å². The quantitative estimate of drug-likeness (QED) is 0.778. The minimum Gasteiger partial charge on any atom is -0.448 e. The minimum atomic E-state index is -0.549. The average Bonchev–Trinajstić information content (AvgIpc) is 2.99. The van der Waals surface area contributed by atoms with Gasteiger partial charge in [0.1, 0.15) is 0 Å². The number of carbonyl (C=O) groups excluding carboxylic acids is 1. The maximum Gasteiger partial charge on any atom is 0.287 e. The number of rotatable bonds is 4. The summed E-state index contributed by atoms with van der Waals surface area (Å²) in [6.07, 6.45) is 0. The molecule has 2 aromatic carbocycles. The van der Waals surface area contributed by atoms with Gasteiger partial charge in [0.15, 0.2) is 17.2 Å².